The number of aliphatic hydroxyl groups is 1. The van der Waals surface area contributed by atoms with Crippen LogP contribution in [0.2, 0.25) is 0 Å². The molecule has 9 amide bonds. The van der Waals surface area contributed by atoms with Crippen LogP contribution in [0.3, 0.4) is 0 Å². The van der Waals surface area contributed by atoms with E-state index in [1.807, 2.05) is 6.92 Å². The van der Waals surface area contributed by atoms with Crippen molar-refractivity contribution >= 4 is 77.7 Å². The third kappa shape index (κ3) is 23.1. The van der Waals surface area contributed by atoms with Crippen LogP contribution < -0.4 is 58.9 Å². The van der Waals surface area contributed by atoms with Crippen LogP contribution in [-0.2, 0) is 59.2 Å². The van der Waals surface area contributed by atoms with Crippen molar-refractivity contribution in [2.75, 3.05) is 18.8 Å². The van der Waals surface area contributed by atoms with E-state index in [4.69, 9.17) is 5.73 Å². The van der Waals surface area contributed by atoms with E-state index in [2.05, 4.69) is 65.8 Å². The molecule has 1 heterocycles. The molecular weight excluding hydrogens is 1070 g/mol. The second-order valence-corrected chi connectivity index (χ2v) is 21.6. The first-order valence-electron chi connectivity index (χ1n) is 27.8. The SMILES string of the molecule is CC[C@H](C)[C@H](NC(=O)[C@H](CCCCN)NC(=O)[C@H](Cc1ccc(O)cc1)NC(=O)[C@@H](NC(=O)[C@H](CC(=O)O)NC(=O)[C@@H](NC(=O)[C@@H](NC(=O)[C@H](CS)NC(=O)[C@@H](NC(=O)[C@@H]1CCCN1)[C@@H](C)CC)[C@@H](C)O)[C@@H](C)CC)C(C)C)C(=O)O. The Bertz CT molecular complexity index is 2290. The predicted octanol–water partition coefficient (Wildman–Crippen LogP) is -1.16. The van der Waals surface area contributed by atoms with Crippen LogP contribution in [0, 0.1) is 23.7 Å². The fourth-order valence-corrected chi connectivity index (χ4v) is 8.92. The minimum Gasteiger partial charge on any atom is -0.508 e. The van der Waals surface area contributed by atoms with Gasteiger partial charge in [0.25, 0.3) is 0 Å². The van der Waals surface area contributed by atoms with Crippen LogP contribution in [0.4, 0.5) is 0 Å². The van der Waals surface area contributed by atoms with E-state index < -0.39 is 150 Å². The second kappa shape index (κ2) is 35.3. The number of nitrogens with one attached hydrogen (secondary N) is 10. The van der Waals surface area contributed by atoms with Gasteiger partial charge in [-0.1, -0.05) is 86.8 Å². The number of aliphatic hydroxyl groups excluding tert-OH is 1. The maximum Gasteiger partial charge on any atom is 0.326 e. The first-order valence-corrected chi connectivity index (χ1v) is 28.5. The predicted molar refractivity (Wildman–Crippen MR) is 302 cm³/mol. The molecule has 0 saturated carbocycles. The number of rotatable bonds is 36. The first-order chi connectivity index (χ1) is 38.1. The number of phenolic OH excluding ortho intramolecular Hbond substituents is 1. The maximum atomic E-state index is 14.3. The molecule has 0 spiro atoms. The van der Waals surface area contributed by atoms with E-state index in [1.165, 1.54) is 45.0 Å². The molecule has 2 rings (SSSR count). The number of nitrogens with two attached hydrogens (primary N) is 1. The molecule has 1 aliphatic rings. The van der Waals surface area contributed by atoms with Crippen molar-refractivity contribution in [1.82, 2.24) is 53.2 Å². The molecule has 1 aliphatic heterocycles. The Hall–Kier alpha value is -6.58. The standard InChI is InChI=1S/C54H89N11O15S/c1-10-28(6)41(62-45(70)34-17-15-23-56-34)52(77)60-38(26-81)49(74)65-44(31(9)66)53(78)63-42(29(7)11-2)51(76)59-37(25-39(68)69)48(73)61-40(27(4)5)50(75)58-36(24-32-18-20-33(67)21-19-32)47(72)57-35(16-13-14-22-55)46(71)64-43(54(79)80)30(8)12-3/h18-21,27-31,34-38,40-44,56,66-67,81H,10-17,22-26,55H2,1-9H3,(H,57,72)(H,58,75)(H,59,76)(H,60,77)(H,61,73)(H,62,70)(H,63,78)(H,64,71)(H,65,74)(H,68,69)(H,79,80)/t28-,29-,30-,31+,34-,35-,36-,37-,38-,40-,41-,42-,43-,44-/m0/s1. The van der Waals surface area contributed by atoms with Gasteiger partial charge in [-0.2, -0.15) is 12.6 Å². The van der Waals surface area contributed by atoms with Gasteiger partial charge in [-0.05, 0) is 93.5 Å². The summed E-state index contributed by atoms with van der Waals surface area (Å²) in [5.41, 5.74) is 6.13. The number of thiol groups is 1. The van der Waals surface area contributed by atoms with Crippen molar-refractivity contribution in [2.24, 2.45) is 29.4 Å². The summed E-state index contributed by atoms with van der Waals surface area (Å²) >= 11 is 4.23. The molecule has 0 unspecified atom stereocenters. The molecule has 16 N–H and O–H groups in total. The van der Waals surface area contributed by atoms with E-state index in [0.717, 1.165) is 6.42 Å². The number of carbonyl (C=O) groups is 11. The van der Waals surface area contributed by atoms with Gasteiger partial charge in [-0.3, -0.25) is 47.9 Å². The third-order valence-electron chi connectivity index (χ3n) is 14.5. The Kier molecular flexibility index (Phi) is 30.7. The Morgan fingerprint density at radius 3 is 1.52 bits per heavy atom. The molecule has 27 heteroatoms. The zero-order chi connectivity index (χ0) is 61.3. The Labute approximate surface area is 479 Å². The highest BCUT2D eigenvalue weighted by Gasteiger charge is 2.39. The van der Waals surface area contributed by atoms with E-state index in [0.29, 0.717) is 44.2 Å². The van der Waals surface area contributed by atoms with Crippen LogP contribution in [0.1, 0.15) is 126 Å². The quantitative estimate of drug-likeness (QED) is 0.0278. The molecule has 456 valence electrons. The lowest BCUT2D eigenvalue weighted by Gasteiger charge is -2.31. The number of carbonyl (C=O) groups excluding carboxylic acids is 9. The molecule has 81 heavy (non-hydrogen) atoms. The highest BCUT2D eigenvalue weighted by atomic mass is 32.1. The summed E-state index contributed by atoms with van der Waals surface area (Å²) in [5, 5.41) is 66.4. The van der Waals surface area contributed by atoms with E-state index in [1.54, 1.807) is 34.6 Å². The van der Waals surface area contributed by atoms with Gasteiger partial charge >= 0.3 is 11.9 Å². The van der Waals surface area contributed by atoms with E-state index in [9.17, 15) is 73.2 Å². The van der Waals surface area contributed by atoms with Gasteiger partial charge < -0.3 is 79.3 Å². The van der Waals surface area contributed by atoms with Gasteiger partial charge in [0.2, 0.25) is 53.2 Å². The normalized spacial score (nSPS) is 18.0. The lowest BCUT2D eigenvalue weighted by molar-refractivity contribution is -0.144. The Balaban J connectivity index is 2.40. The van der Waals surface area contributed by atoms with Gasteiger partial charge in [-0.15, -0.1) is 0 Å². The average molecular weight is 1160 g/mol. The van der Waals surface area contributed by atoms with Crippen LogP contribution in [-0.4, -0.2) is 171 Å². The molecule has 0 bridgehead atoms. The lowest BCUT2D eigenvalue weighted by atomic mass is 9.96. The number of carboxylic acids is 2. The molecule has 1 aromatic carbocycles. The summed E-state index contributed by atoms with van der Waals surface area (Å²) in [5.74, 6) is -13.4. The number of benzene rings is 1. The topological polar surface area (TPSA) is 415 Å². The number of aromatic hydroxyl groups is 1. The highest BCUT2D eigenvalue weighted by molar-refractivity contribution is 7.80. The number of hydrogen-bond donors (Lipinski definition) is 16. The van der Waals surface area contributed by atoms with Gasteiger partial charge in [0.15, 0.2) is 0 Å². The zero-order valence-corrected chi connectivity index (χ0v) is 48.9. The molecule has 26 nitrogen and oxygen atoms in total. The number of carboxylic acid groups (broad SMARTS) is 2. The molecular formula is C54H89N11O15S. The molecule has 14 atom stereocenters. The van der Waals surface area contributed by atoms with Crippen molar-refractivity contribution in [3.8, 4) is 5.75 Å². The molecule has 1 fully saturated rings. The summed E-state index contributed by atoms with van der Waals surface area (Å²) in [7, 11) is 0. The number of unbranched alkanes of at least 4 members (excludes halogenated alkanes) is 1. The van der Waals surface area contributed by atoms with Gasteiger partial charge in [0.1, 0.15) is 60.1 Å². The molecule has 0 radical (unpaired) electrons. The van der Waals surface area contributed by atoms with Crippen molar-refractivity contribution < 1.29 is 73.2 Å². The largest absolute Gasteiger partial charge is 0.508 e. The number of amides is 9. The summed E-state index contributed by atoms with van der Waals surface area (Å²) in [6.07, 6.45) is 0.526. The van der Waals surface area contributed by atoms with Gasteiger partial charge in [0, 0.05) is 12.2 Å². The highest BCUT2D eigenvalue weighted by Crippen LogP contribution is 2.17. The maximum absolute atomic E-state index is 14.3. The fraction of sp³-hybridized carbons (Fsp3) is 0.685. The first kappa shape index (κ1) is 70.5. The fourth-order valence-electron chi connectivity index (χ4n) is 8.67. The minimum absolute atomic E-state index is 0.0432. The zero-order valence-electron chi connectivity index (χ0n) is 48.0. The van der Waals surface area contributed by atoms with Gasteiger partial charge in [0.05, 0.1) is 18.6 Å². The van der Waals surface area contributed by atoms with Crippen LogP contribution >= 0.6 is 12.6 Å². The summed E-state index contributed by atoms with van der Waals surface area (Å²) in [4.78, 5) is 149. The molecule has 1 aromatic rings. The summed E-state index contributed by atoms with van der Waals surface area (Å²) in [6, 6.07) is -7.91. The van der Waals surface area contributed by atoms with Crippen LogP contribution in [0.15, 0.2) is 24.3 Å². The van der Waals surface area contributed by atoms with Crippen LogP contribution in [0.25, 0.3) is 0 Å². The monoisotopic (exact) mass is 1160 g/mol. The number of phenols is 1. The second-order valence-electron chi connectivity index (χ2n) is 21.2. The summed E-state index contributed by atoms with van der Waals surface area (Å²) < 4.78 is 0. The van der Waals surface area contributed by atoms with Crippen molar-refractivity contribution in [1.29, 1.82) is 0 Å². The summed E-state index contributed by atoms with van der Waals surface area (Å²) in [6.45, 7) is 15.4. The van der Waals surface area contributed by atoms with Crippen molar-refractivity contribution in [3.05, 3.63) is 29.8 Å². The molecule has 0 aromatic heterocycles. The third-order valence-corrected chi connectivity index (χ3v) is 14.8. The Morgan fingerprint density at radius 1 is 0.580 bits per heavy atom. The molecule has 0 aliphatic carbocycles. The van der Waals surface area contributed by atoms with Crippen molar-refractivity contribution in [2.45, 2.75) is 193 Å². The van der Waals surface area contributed by atoms with Crippen molar-refractivity contribution in [3.63, 3.8) is 0 Å². The number of aliphatic carboxylic acids is 2. The molecule has 1 saturated heterocycles. The van der Waals surface area contributed by atoms with E-state index in [-0.39, 0.29) is 49.1 Å². The van der Waals surface area contributed by atoms with Crippen LogP contribution in [0.5, 0.6) is 5.75 Å². The smallest absolute Gasteiger partial charge is 0.326 e. The minimum atomic E-state index is -1.88. The lowest BCUT2D eigenvalue weighted by Crippen LogP contribution is -2.63. The average Bonchev–Trinajstić information content (AvgIpc) is 3.99. The Morgan fingerprint density at radius 2 is 1.02 bits per heavy atom. The number of hydrogen-bond acceptors (Lipinski definition) is 16. The van der Waals surface area contributed by atoms with E-state index >= 15 is 0 Å². The van der Waals surface area contributed by atoms with Gasteiger partial charge in [-0.25, -0.2) is 4.79 Å².